The monoisotopic (exact) mass is 279 g/mol. The second kappa shape index (κ2) is 5.97. The van der Waals surface area contributed by atoms with Crippen molar-refractivity contribution in [3.63, 3.8) is 0 Å². The molecule has 0 bridgehead atoms. The van der Waals surface area contributed by atoms with Crippen molar-refractivity contribution >= 4 is 0 Å². The minimum atomic E-state index is -4.13. The molecule has 0 amide bonds. The van der Waals surface area contributed by atoms with E-state index in [9.17, 15) is 13.2 Å². The van der Waals surface area contributed by atoms with Gasteiger partial charge >= 0.3 is 6.18 Å². The number of nitrogens with one attached hydrogen (secondary N) is 1. The van der Waals surface area contributed by atoms with Gasteiger partial charge in [-0.2, -0.15) is 13.2 Å². The molecule has 0 aliphatic carbocycles. The third-order valence-electron chi connectivity index (χ3n) is 4.26. The van der Waals surface area contributed by atoms with Crippen molar-refractivity contribution in [2.75, 3.05) is 32.7 Å². The zero-order valence-electron chi connectivity index (χ0n) is 11.7. The van der Waals surface area contributed by atoms with Crippen LogP contribution in [0.25, 0.3) is 0 Å². The number of alkyl halides is 3. The van der Waals surface area contributed by atoms with Gasteiger partial charge in [-0.25, -0.2) is 0 Å². The van der Waals surface area contributed by atoms with Crippen molar-refractivity contribution in [2.24, 2.45) is 0 Å². The fourth-order valence-corrected chi connectivity index (χ4v) is 3.29. The smallest absolute Gasteiger partial charge is 0.314 e. The Morgan fingerprint density at radius 2 is 2.00 bits per heavy atom. The van der Waals surface area contributed by atoms with Gasteiger partial charge in [0.2, 0.25) is 0 Å². The summed E-state index contributed by atoms with van der Waals surface area (Å²) in [5, 5.41) is 2.85. The molecule has 2 saturated heterocycles. The zero-order chi connectivity index (χ0) is 14.0. The predicted molar refractivity (Wildman–Crippen MR) is 69.1 cm³/mol. The van der Waals surface area contributed by atoms with E-state index in [0.717, 1.165) is 19.4 Å². The van der Waals surface area contributed by atoms with Crippen LogP contribution in [0.4, 0.5) is 13.2 Å². The Bertz CT molecular complexity index is 293. The number of hydrogen-bond donors (Lipinski definition) is 1. The van der Waals surface area contributed by atoms with Gasteiger partial charge in [0, 0.05) is 38.3 Å². The van der Waals surface area contributed by atoms with Gasteiger partial charge in [0.05, 0.1) is 0 Å². The van der Waals surface area contributed by atoms with E-state index in [4.69, 9.17) is 0 Å². The summed E-state index contributed by atoms with van der Waals surface area (Å²) in [6, 6.07) is -0.626. The second-order valence-electron chi connectivity index (χ2n) is 5.88. The Balaban J connectivity index is 1.99. The van der Waals surface area contributed by atoms with Crippen molar-refractivity contribution in [2.45, 2.75) is 51.0 Å². The fraction of sp³-hybridized carbons (Fsp3) is 1.00. The largest absolute Gasteiger partial charge is 0.405 e. The summed E-state index contributed by atoms with van der Waals surface area (Å²) in [6.45, 7) is 6.98. The minimum absolute atomic E-state index is 0.0257. The third-order valence-corrected chi connectivity index (χ3v) is 4.26. The van der Waals surface area contributed by atoms with Gasteiger partial charge in [-0.15, -0.1) is 0 Å². The maximum absolute atomic E-state index is 13.0. The van der Waals surface area contributed by atoms with E-state index in [1.165, 1.54) is 0 Å². The van der Waals surface area contributed by atoms with Crippen LogP contribution in [-0.4, -0.2) is 66.8 Å². The van der Waals surface area contributed by atoms with E-state index in [1.807, 2.05) is 0 Å². The van der Waals surface area contributed by atoms with Crippen LogP contribution in [0.3, 0.4) is 0 Å². The highest BCUT2D eigenvalue weighted by Crippen LogP contribution is 2.28. The molecule has 2 atom stereocenters. The molecule has 3 nitrogen and oxygen atoms in total. The highest BCUT2D eigenvalue weighted by atomic mass is 19.4. The summed E-state index contributed by atoms with van der Waals surface area (Å²) >= 11 is 0. The highest BCUT2D eigenvalue weighted by Gasteiger charge is 2.45. The lowest BCUT2D eigenvalue weighted by Crippen LogP contribution is -2.60. The first-order valence-electron chi connectivity index (χ1n) is 7.17. The first-order chi connectivity index (χ1) is 8.89. The number of halogens is 3. The molecule has 2 aliphatic heterocycles. The van der Waals surface area contributed by atoms with Gasteiger partial charge in [-0.1, -0.05) is 0 Å². The van der Waals surface area contributed by atoms with Crippen molar-refractivity contribution in [3.05, 3.63) is 0 Å². The van der Waals surface area contributed by atoms with Crippen LogP contribution < -0.4 is 5.32 Å². The molecule has 2 fully saturated rings. The topological polar surface area (TPSA) is 18.5 Å². The minimum Gasteiger partial charge on any atom is -0.314 e. The summed E-state index contributed by atoms with van der Waals surface area (Å²) in [7, 11) is 0. The number of rotatable bonds is 3. The standard InChI is InChI=1S/C13H24F3N3/c1-10(2)19-6-3-4-11(19)9-18-7-5-17-8-12(18)13(14,15)16/h10-12,17H,3-9H2,1-2H3. The molecule has 2 rings (SSSR count). The maximum atomic E-state index is 13.0. The summed E-state index contributed by atoms with van der Waals surface area (Å²) in [5.41, 5.74) is 0. The number of hydrogen-bond acceptors (Lipinski definition) is 3. The van der Waals surface area contributed by atoms with E-state index >= 15 is 0 Å². The average molecular weight is 279 g/mol. The first kappa shape index (κ1) is 15.1. The van der Waals surface area contributed by atoms with E-state index in [-0.39, 0.29) is 12.6 Å². The van der Waals surface area contributed by atoms with Gasteiger partial charge < -0.3 is 5.32 Å². The molecule has 2 heterocycles. The summed E-state index contributed by atoms with van der Waals surface area (Å²) in [6.07, 6.45) is -2.01. The zero-order valence-corrected chi connectivity index (χ0v) is 11.7. The van der Waals surface area contributed by atoms with E-state index in [1.54, 1.807) is 4.90 Å². The molecular weight excluding hydrogens is 255 g/mol. The maximum Gasteiger partial charge on any atom is 0.405 e. The lowest BCUT2D eigenvalue weighted by atomic mass is 10.1. The van der Waals surface area contributed by atoms with Crippen LogP contribution in [0.2, 0.25) is 0 Å². The molecule has 6 heteroatoms. The molecule has 0 radical (unpaired) electrons. The molecule has 1 N–H and O–H groups in total. The SMILES string of the molecule is CC(C)N1CCCC1CN1CCNCC1C(F)(F)F. The van der Waals surface area contributed by atoms with Crippen LogP contribution in [-0.2, 0) is 0 Å². The quantitative estimate of drug-likeness (QED) is 0.848. The molecule has 0 saturated carbocycles. The van der Waals surface area contributed by atoms with Crippen LogP contribution in [0.1, 0.15) is 26.7 Å². The lowest BCUT2D eigenvalue weighted by Gasteiger charge is -2.40. The molecule has 2 unspecified atom stereocenters. The van der Waals surface area contributed by atoms with Gasteiger partial charge in [0.15, 0.2) is 0 Å². The Kier molecular flexibility index (Phi) is 4.74. The van der Waals surface area contributed by atoms with Crippen LogP contribution in [0, 0.1) is 0 Å². The van der Waals surface area contributed by atoms with Crippen LogP contribution >= 0.6 is 0 Å². The second-order valence-corrected chi connectivity index (χ2v) is 5.88. The van der Waals surface area contributed by atoms with E-state index in [0.29, 0.717) is 25.7 Å². The highest BCUT2D eigenvalue weighted by molar-refractivity contribution is 4.90. The van der Waals surface area contributed by atoms with Crippen LogP contribution in [0.15, 0.2) is 0 Å². The van der Waals surface area contributed by atoms with Crippen molar-refractivity contribution in [1.82, 2.24) is 15.1 Å². The van der Waals surface area contributed by atoms with Gasteiger partial charge in [0.25, 0.3) is 0 Å². The van der Waals surface area contributed by atoms with E-state index < -0.39 is 12.2 Å². The third kappa shape index (κ3) is 3.61. The number of nitrogens with zero attached hydrogens (tertiary/aromatic N) is 2. The fourth-order valence-electron chi connectivity index (χ4n) is 3.29. The normalized spacial score (nSPS) is 31.3. The molecule has 0 aromatic carbocycles. The summed E-state index contributed by atoms with van der Waals surface area (Å²) < 4.78 is 39.1. The van der Waals surface area contributed by atoms with Gasteiger partial charge in [0.1, 0.15) is 6.04 Å². The van der Waals surface area contributed by atoms with E-state index in [2.05, 4.69) is 24.1 Å². The summed E-state index contributed by atoms with van der Waals surface area (Å²) in [4.78, 5) is 3.97. The van der Waals surface area contributed by atoms with Gasteiger partial charge in [-0.05, 0) is 33.2 Å². The Hall–Kier alpha value is -0.330. The molecule has 0 aromatic heterocycles. The molecule has 2 aliphatic rings. The Labute approximate surface area is 113 Å². The molecular formula is C13H24F3N3. The lowest BCUT2D eigenvalue weighted by molar-refractivity contribution is -0.188. The van der Waals surface area contributed by atoms with Gasteiger partial charge in [-0.3, -0.25) is 9.80 Å². The predicted octanol–water partition coefficient (Wildman–Crippen LogP) is 1.70. The average Bonchev–Trinajstić information content (AvgIpc) is 2.76. The Morgan fingerprint density at radius 1 is 1.26 bits per heavy atom. The molecule has 0 spiro atoms. The van der Waals surface area contributed by atoms with Crippen LogP contribution in [0.5, 0.6) is 0 Å². The Morgan fingerprint density at radius 3 is 2.63 bits per heavy atom. The van der Waals surface area contributed by atoms with Crippen molar-refractivity contribution in [1.29, 1.82) is 0 Å². The first-order valence-corrected chi connectivity index (χ1v) is 7.17. The number of piperazine rings is 1. The van der Waals surface area contributed by atoms with Crippen molar-refractivity contribution < 1.29 is 13.2 Å². The number of likely N-dealkylation sites (tertiary alicyclic amines) is 1. The molecule has 0 aromatic rings. The van der Waals surface area contributed by atoms with Crippen molar-refractivity contribution in [3.8, 4) is 0 Å². The summed E-state index contributed by atoms with van der Waals surface area (Å²) in [5.74, 6) is 0. The molecule has 19 heavy (non-hydrogen) atoms. The molecule has 112 valence electrons.